The van der Waals surface area contributed by atoms with Crippen molar-refractivity contribution in [1.29, 1.82) is 0 Å². The predicted molar refractivity (Wildman–Crippen MR) is 97.1 cm³/mol. The number of carbonyl (C=O) groups is 1. The van der Waals surface area contributed by atoms with Crippen LogP contribution in [0.5, 0.6) is 11.5 Å². The lowest BCUT2D eigenvalue weighted by Gasteiger charge is -2.18. The molecule has 128 valence electrons. The van der Waals surface area contributed by atoms with Gasteiger partial charge in [0.05, 0.1) is 19.7 Å². The van der Waals surface area contributed by atoms with E-state index in [1.165, 1.54) is 0 Å². The maximum Gasteiger partial charge on any atom is 0.254 e. The smallest absolute Gasteiger partial charge is 0.254 e. The molecular formula is C20H20N2O3. The quantitative estimate of drug-likeness (QED) is 0.715. The summed E-state index contributed by atoms with van der Waals surface area (Å²) in [5.41, 5.74) is 2.48. The summed E-state index contributed by atoms with van der Waals surface area (Å²) in [6.45, 7) is 0.477. The van der Waals surface area contributed by atoms with Gasteiger partial charge in [-0.05, 0) is 35.9 Å². The van der Waals surface area contributed by atoms with Crippen molar-refractivity contribution < 1.29 is 14.3 Å². The van der Waals surface area contributed by atoms with Gasteiger partial charge in [0.1, 0.15) is 0 Å². The van der Waals surface area contributed by atoms with Crippen LogP contribution in [0.3, 0.4) is 0 Å². The molecule has 0 aliphatic carbocycles. The molecule has 0 spiro atoms. The molecule has 1 amide bonds. The van der Waals surface area contributed by atoms with Crippen molar-refractivity contribution in [2.75, 3.05) is 21.3 Å². The van der Waals surface area contributed by atoms with Crippen LogP contribution in [0, 0.1) is 0 Å². The number of rotatable bonds is 5. The predicted octanol–water partition coefficient (Wildman–Crippen LogP) is 3.52. The molecule has 3 aromatic rings. The highest BCUT2D eigenvalue weighted by Gasteiger charge is 2.15. The molecule has 0 aliphatic heterocycles. The number of para-hydroxylation sites is 1. The van der Waals surface area contributed by atoms with Crippen LogP contribution in [0.2, 0.25) is 0 Å². The molecule has 1 heterocycles. The SMILES string of the molecule is COc1ccc(C(=O)N(C)Cc2cnc3ccccc3c2)cc1OC. The van der Waals surface area contributed by atoms with Crippen molar-refractivity contribution in [2.24, 2.45) is 0 Å². The number of nitrogens with zero attached hydrogens (tertiary/aromatic N) is 2. The largest absolute Gasteiger partial charge is 0.493 e. The molecule has 5 heteroatoms. The van der Waals surface area contributed by atoms with Crippen molar-refractivity contribution in [1.82, 2.24) is 9.88 Å². The Balaban J connectivity index is 1.79. The third-order valence-corrected chi connectivity index (χ3v) is 4.04. The molecule has 2 aromatic carbocycles. The van der Waals surface area contributed by atoms with Gasteiger partial charge in [0.2, 0.25) is 0 Å². The molecule has 0 saturated heterocycles. The van der Waals surface area contributed by atoms with E-state index in [-0.39, 0.29) is 5.91 Å². The summed E-state index contributed by atoms with van der Waals surface area (Å²) < 4.78 is 10.5. The lowest BCUT2D eigenvalue weighted by atomic mass is 10.1. The Morgan fingerprint density at radius 3 is 2.56 bits per heavy atom. The van der Waals surface area contributed by atoms with Crippen molar-refractivity contribution in [3.63, 3.8) is 0 Å². The van der Waals surface area contributed by atoms with E-state index < -0.39 is 0 Å². The molecule has 5 nitrogen and oxygen atoms in total. The Labute approximate surface area is 146 Å². The van der Waals surface area contributed by atoms with E-state index in [0.717, 1.165) is 16.5 Å². The molecule has 0 radical (unpaired) electrons. The van der Waals surface area contributed by atoms with Crippen LogP contribution in [0.4, 0.5) is 0 Å². The molecule has 3 rings (SSSR count). The van der Waals surface area contributed by atoms with Gasteiger partial charge in [0, 0.05) is 30.7 Å². The zero-order valence-corrected chi connectivity index (χ0v) is 14.5. The topological polar surface area (TPSA) is 51.7 Å². The van der Waals surface area contributed by atoms with Crippen LogP contribution >= 0.6 is 0 Å². The Hall–Kier alpha value is -3.08. The summed E-state index contributed by atoms with van der Waals surface area (Å²) >= 11 is 0. The molecular weight excluding hydrogens is 316 g/mol. The second-order valence-electron chi connectivity index (χ2n) is 5.77. The van der Waals surface area contributed by atoms with E-state index in [1.54, 1.807) is 50.6 Å². The number of hydrogen-bond donors (Lipinski definition) is 0. The number of carbonyl (C=O) groups excluding carboxylic acids is 1. The second kappa shape index (κ2) is 7.21. The fourth-order valence-electron chi connectivity index (χ4n) is 2.74. The Morgan fingerprint density at radius 2 is 1.80 bits per heavy atom. The van der Waals surface area contributed by atoms with Crippen LogP contribution in [0.1, 0.15) is 15.9 Å². The van der Waals surface area contributed by atoms with Gasteiger partial charge in [-0.1, -0.05) is 18.2 Å². The third-order valence-electron chi connectivity index (χ3n) is 4.04. The Bertz CT molecular complexity index is 908. The van der Waals surface area contributed by atoms with Gasteiger partial charge in [-0.25, -0.2) is 0 Å². The zero-order chi connectivity index (χ0) is 17.8. The summed E-state index contributed by atoms with van der Waals surface area (Å²) in [5, 5.41) is 1.06. The average Bonchev–Trinajstić information content (AvgIpc) is 2.66. The third kappa shape index (κ3) is 3.55. The van der Waals surface area contributed by atoms with Gasteiger partial charge < -0.3 is 14.4 Å². The van der Waals surface area contributed by atoms with Crippen molar-refractivity contribution in [3.8, 4) is 11.5 Å². The number of amides is 1. The number of hydrogen-bond acceptors (Lipinski definition) is 4. The van der Waals surface area contributed by atoms with Crippen LogP contribution < -0.4 is 9.47 Å². The van der Waals surface area contributed by atoms with Gasteiger partial charge in [0.15, 0.2) is 11.5 Å². The summed E-state index contributed by atoms with van der Waals surface area (Å²) in [5.74, 6) is 1.05. The van der Waals surface area contributed by atoms with Crippen LogP contribution in [0.25, 0.3) is 10.9 Å². The minimum absolute atomic E-state index is 0.0888. The second-order valence-corrected chi connectivity index (χ2v) is 5.77. The maximum atomic E-state index is 12.7. The first-order valence-corrected chi connectivity index (χ1v) is 7.93. The van der Waals surface area contributed by atoms with Crippen molar-refractivity contribution >= 4 is 16.8 Å². The van der Waals surface area contributed by atoms with Gasteiger partial charge in [-0.2, -0.15) is 0 Å². The molecule has 25 heavy (non-hydrogen) atoms. The molecule has 1 aromatic heterocycles. The molecule has 0 N–H and O–H groups in total. The normalized spacial score (nSPS) is 10.5. The highest BCUT2D eigenvalue weighted by molar-refractivity contribution is 5.94. The maximum absolute atomic E-state index is 12.7. The van der Waals surface area contributed by atoms with Gasteiger partial charge in [0.25, 0.3) is 5.91 Å². The van der Waals surface area contributed by atoms with Crippen LogP contribution in [-0.2, 0) is 6.54 Å². The Morgan fingerprint density at radius 1 is 1.04 bits per heavy atom. The summed E-state index contributed by atoms with van der Waals surface area (Å²) in [6, 6.07) is 15.1. The average molecular weight is 336 g/mol. The molecule has 0 unspecified atom stereocenters. The monoisotopic (exact) mass is 336 g/mol. The highest BCUT2D eigenvalue weighted by Crippen LogP contribution is 2.28. The van der Waals surface area contributed by atoms with E-state index >= 15 is 0 Å². The minimum Gasteiger partial charge on any atom is -0.493 e. The summed E-state index contributed by atoms with van der Waals surface area (Å²) in [4.78, 5) is 18.8. The summed E-state index contributed by atoms with van der Waals surface area (Å²) in [6.07, 6.45) is 1.81. The van der Waals surface area contributed by atoms with E-state index in [0.29, 0.717) is 23.6 Å². The van der Waals surface area contributed by atoms with Gasteiger partial charge >= 0.3 is 0 Å². The van der Waals surface area contributed by atoms with Gasteiger partial charge in [-0.15, -0.1) is 0 Å². The van der Waals surface area contributed by atoms with E-state index in [1.807, 2.05) is 24.3 Å². The lowest BCUT2D eigenvalue weighted by Crippen LogP contribution is -2.26. The first-order chi connectivity index (χ1) is 12.1. The van der Waals surface area contributed by atoms with E-state index in [2.05, 4.69) is 11.1 Å². The van der Waals surface area contributed by atoms with Gasteiger partial charge in [-0.3, -0.25) is 9.78 Å². The molecule has 0 aliphatic rings. The van der Waals surface area contributed by atoms with E-state index in [4.69, 9.17) is 9.47 Å². The zero-order valence-electron chi connectivity index (χ0n) is 14.5. The minimum atomic E-state index is -0.0888. The van der Waals surface area contributed by atoms with Crippen LogP contribution in [0.15, 0.2) is 54.7 Å². The lowest BCUT2D eigenvalue weighted by molar-refractivity contribution is 0.0784. The number of fused-ring (bicyclic) bond motifs is 1. The van der Waals surface area contributed by atoms with E-state index in [9.17, 15) is 4.79 Å². The number of methoxy groups -OCH3 is 2. The van der Waals surface area contributed by atoms with Crippen molar-refractivity contribution in [2.45, 2.75) is 6.54 Å². The first kappa shape index (κ1) is 16.8. The number of ether oxygens (including phenoxy) is 2. The first-order valence-electron chi connectivity index (χ1n) is 7.93. The van der Waals surface area contributed by atoms with Crippen LogP contribution in [-0.4, -0.2) is 37.1 Å². The number of benzene rings is 2. The molecule has 0 fully saturated rings. The molecule has 0 atom stereocenters. The van der Waals surface area contributed by atoms with Crippen molar-refractivity contribution in [3.05, 3.63) is 65.9 Å². The highest BCUT2D eigenvalue weighted by atomic mass is 16.5. The summed E-state index contributed by atoms with van der Waals surface area (Å²) in [7, 11) is 4.89. The fraction of sp³-hybridized carbons (Fsp3) is 0.200. The standard InChI is InChI=1S/C20H20N2O3/c1-22(13-14-10-15-6-4-5-7-17(15)21-12-14)20(23)16-8-9-18(24-2)19(11-16)25-3/h4-12H,13H2,1-3H3. The molecule has 0 saturated carbocycles. The molecule has 0 bridgehead atoms. The fourth-order valence-corrected chi connectivity index (χ4v) is 2.74. The number of aromatic nitrogens is 1. The number of pyridine rings is 1. The Kier molecular flexibility index (Phi) is 4.84.